The third kappa shape index (κ3) is 19.6. The van der Waals surface area contributed by atoms with E-state index in [9.17, 15) is 26.3 Å². The van der Waals surface area contributed by atoms with Gasteiger partial charge in [0.15, 0.2) is 23.1 Å². The molecule has 0 aromatic heterocycles. The topological polar surface area (TPSA) is 4.44 Å². The van der Waals surface area contributed by atoms with Gasteiger partial charge in [0.05, 0.1) is 13.1 Å². The molecule has 0 radical (unpaired) electrons. The zero-order chi connectivity index (χ0) is 38.0. The number of unbranched alkanes of at least 4 members (excludes halogenated alkanes) is 9. The van der Waals surface area contributed by atoms with Crippen molar-refractivity contribution in [1.82, 2.24) is 0 Å². The number of alkyl halides is 3. The van der Waals surface area contributed by atoms with Crippen molar-refractivity contribution in [3.63, 3.8) is 0 Å². The first kappa shape index (κ1) is 48.8. The van der Waals surface area contributed by atoms with E-state index < -0.39 is 34.9 Å². The van der Waals surface area contributed by atoms with E-state index in [4.69, 9.17) is 0 Å². The Bertz CT molecular complexity index is 923. The third-order valence-electron chi connectivity index (χ3n) is 11.3. The highest BCUT2D eigenvalue weighted by molar-refractivity contribution is 6.79. The molecule has 0 aliphatic rings. The molecule has 1 rings (SSSR count). The Balaban J connectivity index is 0.00000101. The summed E-state index contributed by atoms with van der Waals surface area (Å²) in [6.45, 7) is 18.2. The van der Waals surface area contributed by atoms with E-state index in [1.165, 1.54) is 77.0 Å². The molecule has 0 fully saturated rings. The standard InChI is InChI=1S/C22H33F6N.C20H44B/c1-5-8-10-16(7-3)11-12-29(14-15(4)9-6-2)18-13-17(23)20(24)19(21(18)25)22(26,27)28;1-5-9-13-17-21(18-14-10-6-2,19-15-11-7-3)20-16-12-8-4/h13,15-16H,5-12,14H2,1-4H3;5-20H2,1-4H3/q;-1/p+1. The number of hydrogen-bond acceptors (Lipinski definition) is 0. The van der Waals surface area contributed by atoms with E-state index in [-0.39, 0.29) is 12.1 Å². The zero-order valence-electron chi connectivity index (χ0n) is 33.8. The molecule has 0 aliphatic carbocycles. The second-order valence-electron chi connectivity index (χ2n) is 15.8. The number of halogens is 6. The highest BCUT2D eigenvalue weighted by Crippen LogP contribution is 2.37. The van der Waals surface area contributed by atoms with Crippen LogP contribution in [0.15, 0.2) is 6.07 Å². The van der Waals surface area contributed by atoms with Gasteiger partial charge in [0.1, 0.15) is 5.56 Å². The lowest BCUT2D eigenvalue weighted by Crippen LogP contribution is -3.08. The van der Waals surface area contributed by atoms with Crippen LogP contribution in [0, 0.1) is 29.3 Å². The maximum Gasteiger partial charge on any atom is 0.422 e. The van der Waals surface area contributed by atoms with Crippen molar-refractivity contribution in [1.29, 1.82) is 0 Å². The third-order valence-corrected chi connectivity index (χ3v) is 11.3. The molecule has 1 aromatic rings. The van der Waals surface area contributed by atoms with Crippen molar-refractivity contribution in [2.75, 3.05) is 13.1 Å². The van der Waals surface area contributed by atoms with Gasteiger partial charge >= 0.3 is 6.18 Å². The van der Waals surface area contributed by atoms with Crippen molar-refractivity contribution in [3.05, 3.63) is 29.1 Å². The van der Waals surface area contributed by atoms with Crippen LogP contribution in [0.25, 0.3) is 0 Å². The number of quaternary nitrogens is 1. The van der Waals surface area contributed by atoms with Crippen LogP contribution in [0.3, 0.4) is 0 Å². The molecule has 0 aliphatic heterocycles. The smallest absolute Gasteiger partial charge is 0.300 e. The highest BCUT2D eigenvalue weighted by atomic mass is 19.4. The molecule has 0 amide bonds. The maximum atomic E-state index is 14.8. The SMILES string of the molecule is CCCCC(CC)CC[NH+](CC(C)CCC)c1cc(F)c(F)c(C(F)(F)F)c1F.CCCCC[B-](CCCCC)(CCCCC)CCCCC. The first-order chi connectivity index (χ1) is 23.8. The predicted molar refractivity (Wildman–Crippen MR) is 207 cm³/mol. The summed E-state index contributed by atoms with van der Waals surface area (Å²) in [7, 11) is 0. The van der Waals surface area contributed by atoms with Crippen molar-refractivity contribution in [2.45, 2.75) is 209 Å². The lowest BCUT2D eigenvalue weighted by molar-refractivity contribution is -0.838. The van der Waals surface area contributed by atoms with E-state index in [2.05, 4.69) is 41.5 Å². The van der Waals surface area contributed by atoms with Gasteiger partial charge in [-0.25, -0.2) is 8.78 Å². The lowest BCUT2D eigenvalue weighted by atomic mass is 9.17. The van der Waals surface area contributed by atoms with Crippen LogP contribution in [0.2, 0.25) is 25.3 Å². The molecule has 1 aromatic carbocycles. The minimum absolute atomic E-state index is 0.0383. The van der Waals surface area contributed by atoms with E-state index >= 15 is 0 Å². The lowest BCUT2D eigenvalue weighted by Gasteiger charge is -2.40. The Kier molecular flexibility index (Phi) is 27.7. The van der Waals surface area contributed by atoms with Crippen molar-refractivity contribution < 1.29 is 31.2 Å². The summed E-state index contributed by atoms with van der Waals surface area (Å²) in [5.74, 6) is -5.03. The predicted octanol–water partition coefficient (Wildman–Crippen LogP) is 14.9. The molecular weight excluding hydrogens is 643 g/mol. The second kappa shape index (κ2) is 28.3. The van der Waals surface area contributed by atoms with Gasteiger partial charge < -0.3 is 0 Å². The molecule has 1 nitrogen and oxygen atoms in total. The van der Waals surface area contributed by atoms with Crippen LogP contribution < -0.4 is 4.90 Å². The molecule has 1 N–H and O–H groups in total. The molecule has 0 spiro atoms. The average Bonchev–Trinajstić information content (AvgIpc) is 3.06. The maximum absolute atomic E-state index is 14.8. The number of rotatable bonds is 28. The second-order valence-corrected chi connectivity index (χ2v) is 15.8. The van der Waals surface area contributed by atoms with Crippen LogP contribution >= 0.6 is 0 Å². The molecule has 0 heterocycles. The van der Waals surface area contributed by atoms with E-state index in [1.807, 2.05) is 13.8 Å². The van der Waals surface area contributed by atoms with E-state index in [0.717, 1.165) is 38.5 Å². The van der Waals surface area contributed by atoms with Gasteiger partial charge in [-0.15, -0.1) is 0 Å². The molecular formula is C42H78BF6N. The normalized spacial score (nSPS) is 14.0. The van der Waals surface area contributed by atoms with Crippen LogP contribution in [0.4, 0.5) is 32.0 Å². The molecule has 50 heavy (non-hydrogen) atoms. The number of benzene rings is 1. The fraction of sp³-hybridized carbons (Fsp3) is 0.857. The Morgan fingerprint density at radius 2 is 1.06 bits per heavy atom. The first-order valence-corrected chi connectivity index (χ1v) is 21.1. The van der Waals surface area contributed by atoms with Crippen LogP contribution in [-0.2, 0) is 6.18 Å². The van der Waals surface area contributed by atoms with Crippen molar-refractivity contribution >= 4 is 11.8 Å². The largest absolute Gasteiger partial charge is 0.422 e. The fourth-order valence-electron chi connectivity index (χ4n) is 8.07. The summed E-state index contributed by atoms with van der Waals surface area (Å²) in [5.41, 5.74) is -2.56. The molecule has 8 heteroatoms. The summed E-state index contributed by atoms with van der Waals surface area (Å²) in [4.78, 5) is 0.447. The summed E-state index contributed by atoms with van der Waals surface area (Å²) >= 11 is 0. The Labute approximate surface area is 305 Å². The van der Waals surface area contributed by atoms with Crippen LogP contribution in [0.1, 0.15) is 183 Å². The van der Waals surface area contributed by atoms with E-state index in [0.29, 0.717) is 36.4 Å². The summed E-state index contributed by atoms with van der Waals surface area (Å²) in [6, 6.07) is 0.598. The van der Waals surface area contributed by atoms with Crippen LogP contribution in [0.5, 0.6) is 0 Å². The Morgan fingerprint density at radius 3 is 1.44 bits per heavy atom. The van der Waals surface area contributed by atoms with Gasteiger partial charge in [-0.05, 0) is 18.8 Å². The van der Waals surface area contributed by atoms with Gasteiger partial charge in [0, 0.05) is 18.1 Å². The van der Waals surface area contributed by atoms with Gasteiger partial charge in [0.2, 0.25) is 0 Å². The molecule has 3 atom stereocenters. The molecule has 296 valence electrons. The number of hydrogen-bond donors (Lipinski definition) is 1. The van der Waals surface area contributed by atoms with Crippen molar-refractivity contribution in [2.24, 2.45) is 11.8 Å². The average molecular weight is 722 g/mol. The first-order valence-electron chi connectivity index (χ1n) is 21.1. The molecule has 0 saturated heterocycles. The number of nitrogens with one attached hydrogen (secondary N) is 1. The van der Waals surface area contributed by atoms with Gasteiger partial charge in [0.25, 0.3) is 0 Å². The summed E-state index contributed by atoms with van der Waals surface area (Å²) in [5, 5.41) is 0. The monoisotopic (exact) mass is 722 g/mol. The van der Waals surface area contributed by atoms with Gasteiger partial charge in [-0.3, -0.25) is 4.90 Å². The quantitative estimate of drug-likeness (QED) is 0.0380. The Morgan fingerprint density at radius 1 is 0.600 bits per heavy atom. The molecule has 0 saturated carbocycles. The highest BCUT2D eigenvalue weighted by Gasteiger charge is 2.42. The van der Waals surface area contributed by atoms with Gasteiger partial charge in [-0.1, -0.05) is 165 Å². The summed E-state index contributed by atoms with van der Waals surface area (Å²) < 4.78 is 82.0. The van der Waals surface area contributed by atoms with E-state index in [1.54, 1.807) is 25.3 Å². The van der Waals surface area contributed by atoms with Gasteiger partial charge in [-0.2, -0.15) is 42.8 Å². The minimum Gasteiger partial charge on any atom is -0.300 e. The fourth-order valence-corrected chi connectivity index (χ4v) is 8.07. The zero-order valence-corrected chi connectivity index (χ0v) is 33.8. The summed E-state index contributed by atoms with van der Waals surface area (Å²) in [6.07, 6.45) is 24.8. The minimum atomic E-state index is -5.29. The Hall–Kier alpha value is -1.18. The molecule has 3 unspecified atom stereocenters. The van der Waals surface area contributed by atoms with Crippen molar-refractivity contribution in [3.8, 4) is 0 Å². The van der Waals surface area contributed by atoms with Crippen LogP contribution in [-0.4, -0.2) is 19.2 Å². The molecule has 0 bridgehead atoms.